The summed E-state index contributed by atoms with van der Waals surface area (Å²) in [7, 11) is 0. The Balaban J connectivity index is 2.07. The van der Waals surface area contributed by atoms with E-state index < -0.39 is 0 Å². The van der Waals surface area contributed by atoms with Crippen molar-refractivity contribution >= 4 is 23.2 Å². The standard InChI is InChI=1S/C16H20N4O2/c1-4-22-13-8-6-5-7-12(13)17-14-9-10-15(20-19-14)18-16(21)11(2)3/h5-11H,4H2,1-3H3,(H,17,19)(H,18,20,21). The average Bonchev–Trinajstić information content (AvgIpc) is 2.51. The minimum atomic E-state index is -0.0994. The Bertz CT molecular complexity index is 626. The maximum Gasteiger partial charge on any atom is 0.228 e. The molecule has 116 valence electrons. The SMILES string of the molecule is CCOc1ccccc1Nc1ccc(NC(=O)C(C)C)nn1. The predicted octanol–water partition coefficient (Wildman–Crippen LogP) is 3.21. The summed E-state index contributed by atoms with van der Waals surface area (Å²) in [6.07, 6.45) is 0. The van der Waals surface area contributed by atoms with Crippen molar-refractivity contribution < 1.29 is 9.53 Å². The highest BCUT2D eigenvalue weighted by atomic mass is 16.5. The molecule has 0 aliphatic heterocycles. The number of nitrogens with zero attached hydrogens (tertiary/aromatic N) is 2. The van der Waals surface area contributed by atoms with E-state index in [1.54, 1.807) is 12.1 Å². The highest BCUT2D eigenvalue weighted by Gasteiger charge is 2.09. The second-order valence-electron chi connectivity index (χ2n) is 5.00. The number of carbonyl (C=O) groups is 1. The van der Waals surface area contributed by atoms with Crippen molar-refractivity contribution in [3.63, 3.8) is 0 Å². The maximum absolute atomic E-state index is 11.6. The van der Waals surface area contributed by atoms with Crippen LogP contribution in [0.1, 0.15) is 20.8 Å². The van der Waals surface area contributed by atoms with Gasteiger partial charge in [-0.25, -0.2) is 0 Å². The van der Waals surface area contributed by atoms with Gasteiger partial charge in [0.2, 0.25) is 5.91 Å². The molecule has 0 aliphatic carbocycles. The number of para-hydroxylation sites is 2. The number of rotatable bonds is 6. The first-order chi connectivity index (χ1) is 10.6. The zero-order valence-electron chi connectivity index (χ0n) is 13.0. The third kappa shape index (κ3) is 4.18. The fourth-order valence-corrected chi connectivity index (χ4v) is 1.73. The summed E-state index contributed by atoms with van der Waals surface area (Å²) in [5, 5.41) is 13.9. The van der Waals surface area contributed by atoms with E-state index in [1.807, 2.05) is 45.0 Å². The van der Waals surface area contributed by atoms with E-state index in [2.05, 4.69) is 20.8 Å². The van der Waals surface area contributed by atoms with E-state index >= 15 is 0 Å². The molecule has 2 aromatic rings. The molecule has 1 amide bonds. The van der Waals surface area contributed by atoms with Gasteiger partial charge in [-0.2, -0.15) is 0 Å². The van der Waals surface area contributed by atoms with Gasteiger partial charge in [0.25, 0.3) is 0 Å². The highest BCUT2D eigenvalue weighted by Crippen LogP contribution is 2.26. The summed E-state index contributed by atoms with van der Waals surface area (Å²) in [4.78, 5) is 11.6. The molecule has 0 fully saturated rings. The van der Waals surface area contributed by atoms with E-state index in [1.165, 1.54) is 0 Å². The normalized spacial score (nSPS) is 10.4. The minimum Gasteiger partial charge on any atom is -0.492 e. The van der Waals surface area contributed by atoms with Crippen molar-refractivity contribution in [1.29, 1.82) is 0 Å². The largest absolute Gasteiger partial charge is 0.492 e. The number of carbonyl (C=O) groups excluding carboxylic acids is 1. The zero-order valence-corrected chi connectivity index (χ0v) is 13.0. The van der Waals surface area contributed by atoms with Gasteiger partial charge in [-0.15, -0.1) is 10.2 Å². The van der Waals surface area contributed by atoms with E-state index in [4.69, 9.17) is 4.74 Å². The summed E-state index contributed by atoms with van der Waals surface area (Å²) < 4.78 is 5.54. The van der Waals surface area contributed by atoms with Gasteiger partial charge in [0, 0.05) is 5.92 Å². The average molecular weight is 300 g/mol. The molecule has 0 aliphatic rings. The van der Waals surface area contributed by atoms with Gasteiger partial charge < -0.3 is 15.4 Å². The number of nitrogens with one attached hydrogen (secondary N) is 2. The van der Waals surface area contributed by atoms with Crippen LogP contribution in [0.2, 0.25) is 0 Å². The molecule has 0 saturated heterocycles. The Morgan fingerprint density at radius 1 is 1.14 bits per heavy atom. The van der Waals surface area contributed by atoms with Crippen molar-refractivity contribution in [3.05, 3.63) is 36.4 Å². The first kappa shape index (κ1) is 15.8. The number of ether oxygens (including phenoxy) is 1. The quantitative estimate of drug-likeness (QED) is 0.856. The lowest BCUT2D eigenvalue weighted by Gasteiger charge is -2.11. The maximum atomic E-state index is 11.6. The molecule has 6 heteroatoms. The summed E-state index contributed by atoms with van der Waals surface area (Å²) >= 11 is 0. The minimum absolute atomic E-state index is 0.0864. The third-order valence-electron chi connectivity index (χ3n) is 2.89. The van der Waals surface area contributed by atoms with Crippen LogP contribution in [0.5, 0.6) is 5.75 Å². The summed E-state index contributed by atoms with van der Waals surface area (Å²) in [5.74, 6) is 1.58. The lowest BCUT2D eigenvalue weighted by Crippen LogP contribution is -2.18. The predicted molar refractivity (Wildman–Crippen MR) is 86.4 cm³/mol. The molecule has 2 rings (SSSR count). The van der Waals surface area contributed by atoms with Crippen molar-refractivity contribution in [1.82, 2.24) is 10.2 Å². The molecule has 0 atom stereocenters. The first-order valence-corrected chi connectivity index (χ1v) is 7.23. The molecule has 0 bridgehead atoms. The third-order valence-corrected chi connectivity index (χ3v) is 2.89. The van der Waals surface area contributed by atoms with Gasteiger partial charge in [0.15, 0.2) is 11.6 Å². The number of amides is 1. The molecule has 0 spiro atoms. The molecule has 6 nitrogen and oxygen atoms in total. The van der Waals surface area contributed by atoms with E-state index in [9.17, 15) is 4.79 Å². The molecule has 0 saturated carbocycles. The van der Waals surface area contributed by atoms with Crippen molar-refractivity contribution in [3.8, 4) is 5.75 Å². The van der Waals surface area contributed by atoms with Crippen LogP contribution in [0.25, 0.3) is 0 Å². The fraction of sp³-hybridized carbons (Fsp3) is 0.312. The smallest absolute Gasteiger partial charge is 0.228 e. The summed E-state index contributed by atoms with van der Waals surface area (Å²) in [6, 6.07) is 11.1. The van der Waals surface area contributed by atoms with Crippen LogP contribution < -0.4 is 15.4 Å². The van der Waals surface area contributed by atoms with Crippen LogP contribution in [0, 0.1) is 5.92 Å². The summed E-state index contributed by atoms with van der Waals surface area (Å²) in [5.41, 5.74) is 0.817. The zero-order chi connectivity index (χ0) is 15.9. The number of benzene rings is 1. The second kappa shape index (κ2) is 7.40. The fourth-order valence-electron chi connectivity index (χ4n) is 1.73. The molecule has 1 aromatic carbocycles. The van der Waals surface area contributed by atoms with E-state index in [-0.39, 0.29) is 11.8 Å². The highest BCUT2D eigenvalue weighted by molar-refractivity contribution is 5.91. The van der Waals surface area contributed by atoms with Crippen LogP contribution in [0.4, 0.5) is 17.3 Å². The van der Waals surface area contributed by atoms with Gasteiger partial charge in [-0.05, 0) is 31.2 Å². The Morgan fingerprint density at radius 3 is 2.45 bits per heavy atom. The topological polar surface area (TPSA) is 76.1 Å². The van der Waals surface area contributed by atoms with Crippen molar-refractivity contribution in [2.45, 2.75) is 20.8 Å². The van der Waals surface area contributed by atoms with Crippen LogP contribution in [-0.2, 0) is 4.79 Å². The van der Waals surface area contributed by atoms with Crippen molar-refractivity contribution in [2.75, 3.05) is 17.2 Å². The number of hydrogen-bond acceptors (Lipinski definition) is 5. The molecule has 22 heavy (non-hydrogen) atoms. The Kier molecular flexibility index (Phi) is 5.30. The molecule has 2 N–H and O–H groups in total. The van der Waals surface area contributed by atoms with Crippen LogP contribution in [0.3, 0.4) is 0 Å². The lowest BCUT2D eigenvalue weighted by atomic mass is 10.2. The lowest BCUT2D eigenvalue weighted by molar-refractivity contribution is -0.118. The molecular weight excluding hydrogens is 280 g/mol. The van der Waals surface area contributed by atoms with Gasteiger partial charge >= 0.3 is 0 Å². The summed E-state index contributed by atoms with van der Waals surface area (Å²) in [6.45, 7) is 6.17. The number of aromatic nitrogens is 2. The Morgan fingerprint density at radius 2 is 1.82 bits per heavy atom. The molecule has 1 aromatic heterocycles. The molecular formula is C16H20N4O2. The van der Waals surface area contributed by atoms with Gasteiger partial charge in [-0.3, -0.25) is 4.79 Å². The number of hydrogen-bond donors (Lipinski definition) is 2. The second-order valence-corrected chi connectivity index (χ2v) is 5.00. The monoisotopic (exact) mass is 300 g/mol. The molecule has 0 unspecified atom stereocenters. The first-order valence-electron chi connectivity index (χ1n) is 7.23. The molecule has 1 heterocycles. The Labute approximate surface area is 129 Å². The van der Waals surface area contributed by atoms with Gasteiger partial charge in [0.05, 0.1) is 12.3 Å². The number of anilines is 3. The Hall–Kier alpha value is -2.63. The van der Waals surface area contributed by atoms with E-state index in [0.717, 1.165) is 11.4 Å². The van der Waals surface area contributed by atoms with E-state index in [0.29, 0.717) is 18.2 Å². The van der Waals surface area contributed by atoms with Crippen LogP contribution in [0.15, 0.2) is 36.4 Å². The van der Waals surface area contributed by atoms with Gasteiger partial charge in [-0.1, -0.05) is 26.0 Å². The van der Waals surface area contributed by atoms with Gasteiger partial charge in [0.1, 0.15) is 5.75 Å². The molecule has 0 radical (unpaired) electrons. The van der Waals surface area contributed by atoms with Crippen LogP contribution >= 0.6 is 0 Å². The van der Waals surface area contributed by atoms with Crippen LogP contribution in [-0.4, -0.2) is 22.7 Å². The van der Waals surface area contributed by atoms with Crippen molar-refractivity contribution in [2.24, 2.45) is 5.92 Å².